The number of benzene rings is 2. The van der Waals surface area contributed by atoms with Crippen molar-refractivity contribution in [3.8, 4) is 0 Å². The number of hydrogen-bond donors (Lipinski definition) is 0. The van der Waals surface area contributed by atoms with Gasteiger partial charge < -0.3 is 4.90 Å². The highest BCUT2D eigenvalue weighted by atomic mass is 127. The first-order valence-corrected chi connectivity index (χ1v) is 10.8. The maximum absolute atomic E-state index is 12.9. The lowest BCUT2D eigenvalue weighted by atomic mass is 10.1. The lowest BCUT2D eigenvalue weighted by Crippen LogP contribution is -2.45. The number of carbonyl (C=O) groups excluding carboxylic acids is 1. The van der Waals surface area contributed by atoms with E-state index in [1.54, 1.807) is 17.0 Å². The molecule has 0 unspecified atom stereocenters. The molecular weight excluding hydrogens is 451 g/mol. The Balaban J connectivity index is 1.90. The van der Waals surface area contributed by atoms with Gasteiger partial charge in [-0.25, -0.2) is 8.42 Å². The third-order valence-corrected chi connectivity index (χ3v) is 6.13. The zero-order chi connectivity index (χ0) is 18.2. The summed E-state index contributed by atoms with van der Waals surface area (Å²) in [5.41, 5.74) is 2.48. The molecule has 1 atom stereocenters. The fraction of sp³-hybridized carbons (Fsp3) is 0.278. The van der Waals surface area contributed by atoms with E-state index in [4.69, 9.17) is 0 Å². The minimum Gasteiger partial charge on any atom is -0.307 e. The fourth-order valence-electron chi connectivity index (χ4n) is 3.15. The van der Waals surface area contributed by atoms with Crippen molar-refractivity contribution in [3.05, 3.63) is 57.7 Å². The number of amides is 1. The number of fused-ring (bicyclic) bond motifs is 1. The summed E-state index contributed by atoms with van der Waals surface area (Å²) < 4.78 is 26.7. The molecule has 3 rings (SSSR count). The summed E-state index contributed by atoms with van der Waals surface area (Å²) >= 11 is 2.16. The Morgan fingerprint density at radius 1 is 1.20 bits per heavy atom. The van der Waals surface area contributed by atoms with Crippen LogP contribution in [-0.2, 0) is 21.2 Å². The molecule has 2 aromatic rings. The molecule has 7 heteroatoms. The Bertz CT molecular complexity index is 897. The molecule has 1 aliphatic heterocycles. The summed E-state index contributed by atoms with van der Waals surface area (Å²) in [7, 11) is -3.57. The molecule has 0 bridgehead atoms. The molecule has 0 spiro atoms. The second kappa shape index (κ2) is 6.95. The highest BCUT2D eigenvalue weighted by molar-refractivity contribution is 14.1. The van der Waals surface area contributed by atoms with Gasteiger partial charge in [0.25, 0.3) is 0 Å². The second-order valence-electron chi connectivity index (χ2n) is 6.19. The predicted octanol–water partition coefficient (Wildman–Crippen LogP) is 3.04. The van der Waals surface area contributed by atoms with Gasteiger partial charge >= 0.3 is 0 Å². The Kier molecular flexibility index (Phi) is 5.06. The number of nitrogens with zero attached hydrogens (tertiary/aromatic N) is 2. The van der Waals surface area contributed by atoms with Gasteiger partial charge in [0.05, 0.1) is 11.9 Å². The largest absolute Gasteiger partial charge is 0.307 e. The Morgan fingerprint density at radius 2 is 1.84 bits per heavy atom. The molecule has 25 heavy (non-hydrogen) atoms. The predicted molar refractivity (Wildman–Crippen MR) is 108 cm³/mol. The van der Waals surface area contributed by atoms with Crippen molar-refractivity contribution < 1.29 is 13.2 Å². The molecular formula is C18H19IN2O3S. The highest BCUT2D eigenvalue weighted by Crippen LogP contribution is 2.32. The first kappa shape index (κ1) is 18.2. The smallest absolute Gasteiger partial charge is 0.248 e. The number of para-hydroxylation sites is 1. The summed E-state index contributed by atoms with van der Waals surface area (Å²) in [5.74, 6) is -0.221. The zero-order valence-corrected chi connectivity index (χ0v) is 17.0. The standard InChI is InChI=1S/C18H19IN2O3S/c1-13-11-14-5-3-4-6-17(14)21(13)18(22)12-20(25(2,23)24)16-9-7-15(19)8-10-16/h3-10,13H,11-12H2,1-2H3/t13-/m1/s1. The summed E-state index contributed by atoms with van der Waals surface area (Å²) in [6, 6.07) is 14.9. The van der Waals surface area contributed by atoms with Crippen molar-refractivity contribution in [2.75, 3.05) is 22.0 Å². The molecule has 0 saturated heterocycles. The highest BCUT2D eigenvalue weighted by Gasteiger charge is 2.32. The minimum absolute atomic E-state index is 0.0167. The van der Waals surface area contributed by atoms with Crippen molar-refractivity contribution in [2.45, 2.75) is 19.4 Å². The first-order chi connectivity index (χ1) is 11.8. The molecule has 1 amide bonds. The van der Waals surface area contributed by atoms with Crippen molar-refractivity contribution in [2.24, 2.45) is 0 Å². The van der Waals surface area contributed by atoms with E-state index in [2.05, 4.69) is 22.6 Å². The van der Waals surface area contributed by atoms with Crippen LogP contribution in [0.25, 0.3) is 0 Å². The molecule has 5 nitrogen and oxygen atoms in total. The van der Waals surface area contributed by atoms with Crippen LogP contribution in [0.3, 0.4) is 0 Å². The van der Waals surface area contributed by atoms with Crippen molar-refractivity contribution in [1.82, 2.24) is 0 Å². The van der Waals surface area contributed by atoms with E-state index in [9.17, 15) is 13.2 Å². The second-order valence-corrected chi connectivity index (χ2v) is 9.34. The van der Waals surface area contributed by atoms with Crippen LogP contribution in [0.15, 0.2) is 48.5 Å². The van der Waals surface area contributed by atoms with Gasteiger partial charge in [0.2, 0.25) is 15.9 Å². The van der Waals surface area contributed by atoms with Gasteiger partial charge in [-0.05, 0) is 71.8 Å². The quantitative estimate of drug-likeness (QED) is 0.646. The van der Waals surface area contributed by atoms with Gasteiger partial charge in [0.1, 0.15) is 6.54 Å². The van der Waals surface area contributed by atoms with Crippen LogP contribution < -0.4 is 9.21 Å². The minimum atomic E-state index is -3.57. The molecule has 0 radical (unpaired) electrons. The van der Waals surface area contributed by atoms with Crippen LogP contribution in [0, 0.1) is 3.57 Å². The molecule has 1 heterocycles. The third kappa shape index (κ3) is 3.82. The van der Waals surface area contributed by atoms with Gasteiger partial charge in [-0.2, -0.15) is 0 Å². The number of sulfonamides is 1. The van der Waals surface area contributed by atoms with Crippen LogP contribution in [0.2, 0.25) is 0 Å². The number of hydrogen-bond acceptors (Lipinski definition) is 3. The molecule has 0 saturated carbocycles. The van der Waals surface area contributed by atoms with E-state index in [0.717, 1.165) is 27.5 Å². The molecule has 0 aromatic heterocycles. The van der Waals surface area contributed by atoms with E-state index in [1.807, 2.05) is 43.3 Å². The maximum Gasteiger partial charge on any atom is 0.248 e. The SMILES string of the molecule is C[C@@H]1Cc2ccccc2N1C(=O)CN(c1ccc(I)cc1)S(C)(=O)=O. The fourth-order valence-corrected chi connectivity index (χ4v) is 4.36. The Morgan fingerprint density at radius 3 is 2.48 bits per heavy atom. The lowest BCUT2D eigenvalue weighted by Gasteiger charge is -2.28. The van der Waals surface area contributed by atoms with E-state index in [-0.39, 0.29) is 18.5 Å². The number of carbonyl (C=O) groups is 1. The van der Waals surface area contributed by atoms with Crippen molar-refractivity contribution in [1.29, 1.82) is 0 Å². The maximum atomic E-state index is 12.9. The zero-order valence-electron chi connectivity index (χ0n) is 14.0. The number of halogens is 1. The van der Waals surface area contributed by atoms with Crippen LogP contribution >= 0.6 is 22.6 Å². The van der Waals surface area contributed by atoms with E-state index in [1.165, 1.54) is 4.31 Å². The summed E-state index contributed by atoms with van der Waals surface area (Å²) in [6.07, 6.45) is 1.91. The van der Waals surface area contributed by atoms with Crippen LogP contribution in [0.4, 0.5) is 11.4 Å². The van der Waals surface area contributed by atoms with Crippen molar-refractivity contribution >= 4 is 49.9 Å². The molecule has 2 aromatic carbocycles. The molecule has 0 aliphatic carbocycles. The van der Waals surface area contributed by atoms with Crippen LogP contribution in [-0.4, -0.2) is 33.2 Å². The van der Waals surface area contributed by atoms with Crippen molar-refractivity contribution in [3.63, 3.8) is 0 Å². The first-order valence-electron chi connectivity index (χ1n) is 7.90. The van der Waals surface area contributed by atoms with Crippen LogP contribution in [0.5, 0.6) is 0 Å². The average molecular weight is 470 g/mol. The van der Waals surface area contributed by atoms with E-state index >= 15 is 0 Å². The van der Waals surface area contributed by atoms with Gasteiger partial charge in [-0.3, -0.25) is 9.10 Å². The van der Waals surface area contributed by atoms with Gasteiger partial charge in [0, 0.05) is 15.3 Å². The molecule has 132 valence electrons. The topological polar surface area (TPSA) is 57.7 Å². The third-order valence-electron chi connectivity index (χ3n) is 4.27. The Hall–Kier alpha value is -1.61. The molecule has 0 N–H and O–H groups in total. The average Bonchev–Trinajstić information content (AvgIpc) is 2.88. The normalized spacial score (nSPS) is 16.6. The summed E-state index contributed by atoms with van der Waals surface area (Å²) in [5, 5.41) is 0. The lowest BCUT2D eigenvalue weighted by molar-refractivity contribution is -0.117. The van der Waals surface area contributed by atoms with E-state index in [0.29, 0.717) is 5.69 Å². The summed E-state index contributed by atoms with van der Waals surface area (Å²) in [4.78, 5) is 14.6. The van der Waals surface area contributed by atoms with Gasteiger partial charge in [0.15, 0.2) is 0 Å². The Labute approximate surface area is 161 Å². The van der Waals surface area contributed by atoms with Gasteiger partial charge in [-0.1, -0.05) is 18.2 Å². The van der Waals surface area contributed by atoms with Crippen LogP contribution in [0.1, 0.15) is 12.5 Å². The number of rotatable bonds is 4. The molecule has 0 fully saturated rings. The number of anilines is 2. The van der Waals surface area contributed by atoms with E-state index < -0.39 is 10.0 Å². The van der Waals surface area contributed by atoms with Gasteiger partial charge in [-0.15, -0.1) is 0 Å². The molecule has 1 aliphatic rings. The monoisotopic (exact) mass is 470 g/mol. The summed E-state index contributed by atoms with van der Waals surface area (Å²) in [6.45, 7) is 1.77.